The Kier molecular flexibility index (Phi) is 4.52. The van der Waals surface area contributed by atoms with Crippen molar-refractivity contribution in [2.45, 2.75) is 32.7 Å². The van der Waals surface area contributed by atoms with E-state index >= 15 is 0 Å². The summed E-state index contributed by atoms with van der Waals surface area (Å²) in [6, 6.07) is 5.15. The van der Waals surface area contributed by atoms with Crippen LogP contribution in [0, 0.1) is 12.8 Å². The van der Waals surface area contributed by atoms with Gasteiger partial charge in [0.25, 0.3) is 0 Å². The largest absolute Gasteiger partial charge is 0.508 e. The molecule has 0 fully saturated rings. The van der Waals surface area contributed by atoms with Crippen LogP contribution < -0.4 is 5.73 Å². The van der Waals surface area contributed by atoms with Gasteiger partial charge in [0.05, 0.1) is 5.92 Å². The molecule has 0 aliphatic rings. The molecule has 0 saturated heterocycles. The zero-order valence-corrected chi connectivity index (χ0v) is 10.2. The minimum atomic E-state index is -0.817. The van der Waals surface area contributed by atoms with Crippen molar-refractivity contribution < 1.29 is 15.0 Å². The lowest BCUT2D eigenvalue weighted by molar-refractivity contribution is -0.141. The highest BCUT2D eigenvalue weighted by Crippen LogP contribution is 2.18. The average molecular weight is 237 g/mol. The van der Waals surface area contributed by atoms with Gasteiger partial charge < -0.3 is 15.9 Å². The molecular formula is C13H19NO3. The van der Waals surface area contributed by atoms with Crippen LogP contribution >= 0.6 is 0 Å². The Morgan fingerprint density at radius 1 is 1.47 bits per heavy atom. The number of hydrogen-bond donors (Lipinski definition) is 3. The van der Waals surface area contributed by atoms with Gasteiger partial charge >= 0.3 is 5.97 Å². The minimum Gasteiger partial charge on any atom is -0.508 e. The van der Waals surface area contributed by atoms with Crippen LogP contribution in [0.2, 0.25) is 0 Å². The maximum absolute atomic E-state index is 10.7. The number of phenols is 1. The van der Waals surface area contributed by atoms with Crippen LogP contribution in [0.25, 0.3) is 0 Å². The third-order valence-corrected chi connectivity index (χ3v) is 2.84. The SMILES string of the molecule is Cc1cc(CC(N)CC(C)C(=O)O)ccc1O. The number of carbonyl (C=O) groups is 1. The summed E-state index contributed by atoms with van der Waals surface area (Å²) >= 11 is 0. The first-order valence-corrected chi connectivity index (χ1v) is 5.67. The number of aromatic hydroxyl groups is 1. The Morgan fingerprint density at radius 3 is 2.65 bits per heavy atom. The van der Waals surface area contributed by atoms with Crippen LogP contribution in [-0.2, 0) is 11.2 Å². The van der Waals surface area contributed by atoms with Crippen LogP contribution in [0.5, 0.6) is 5.75 Å². The number of rotatable bonds is 5. The summed E-state index contributed by atoms with van der Waals surface area (Å²) in [5.41, 5.74) is 7.73. The highest BCUT2D eigenvalue weighted by Gasteiger charge is 2.15. The van der Waals surface area contributed by atoms with Crippen LogP contribution in [0.3, 0.4) is 0 Å². The van der Waals surface area contributed by atoms with Gasteiger partial charge in [0.2, 0.25) is 0 Å². The standard InChI is InChI=1S/C13H19NO3/c1-8-5-10(3-4-12(8)15)7-11(14)6-9(2)13(16)17/h3-5,9,11,15H,6-7,14H2,1-2H3,(H,16,17). The van der Waals surface area contributed by atoms with Crippen molar-refractivity contribution in [1.29, 1.82) is 0 Å². The topological polar surface area (TPSA) is 83.6 Å². The molecule has 0 saturated carbocycles. The van der Waals surface area contributed by atoms with E-state index in [4.69, 9.17) is 10.8 Å². The molecule has 4 heteroatoms. The second-order valence-corrected chi connectivity index (χ2v) is 4.56. The molecule has 2 atom stereocenters. The van der Waals surface area contributed by atoms with Crippen molar-refractivity contribution in [2.24, 2.45) is 11.7 Å². The third-order valence-electron chi connectivity index (χ3n) is 2.84. The maximum Gasteiger partial charge on any atom is 0.306 e. The van der Waals surface area contributed by atoms with Gasteiger partial charge in [0.1, 0.15) is 5.75 Å². The molecule has 0 aliphatic heterocycles. The predicted octanol–water partition coefficient (Wildman–Crippen LogP) is 1.68. The van der Waals surface area contributed by atoms with Gasteiger partial charge in [-0.1, -0.05) is 19.1 Å². The molecule has 94 valence electrons. The van der Waals surface area contributed by atoms with Crippen molar-refractivity contribution >= 4 is 5.97 Å². The van der Waals surface area contributed by atoms with Gasteiger partial charge in [0.15, 0.2) is 0 Å². The zero-order chi connectivity index (χ0) is 13.0. The summed E-state index contributed by atoms with van der Waals surface area (Å²) in [4.78, 5) is 10.7. The molecule has 0 heterocycles. The van der Waals surface area contributed by atoms with E-state index in [1.54, 1.807) is 13.0 Å². The predicted molar refractivity (Wildman–Crippen MR) is 65.9 cm³/mol. The molecule has 1 aromatic carbocycles. The Morgan fingerprint density at radius 2 is 2.12 bits per heavy atom. The number of nitrogens with two attached hydrogens (primary N) is 1. The Balaban J connectivity index is 2.58. The summed E-state index contributed by atoms with van der Waals surface area (Å²) in [6.07, 6.45) is 1.08. The summed E-state index contributed by atoms with van der Waals surface area (Å²) in [5, 5.41) is 18.2. The van der Waals surface area contributed by atoms with Crippen LogP contribution in [-0.4, -0.2) is 22.2 Å². The molecule has 2 unspecified atom stereocenters. The summed E-state index contributed by atoms with van der Waals surface area (Å²) in [6.45, 7) is 3.48. The quantitative estimate of drug-likeness (QED) is 0.727. The summed E-state index contributed by atoms with van der Waals surface area (Å²) in [5.74, 6) is -0.980. The van der Waals surface area contributed by atoms with E-state index in [0.29, 0.717) is 12.8 Å². The lowest BCUT2D eigenvalue weighted by Gasteiger charge is -2.14. The van der Waals surface area contributed by atoms with Crippen LogP contribution in [0.15, 0.2) is 18.2 Å². The van der Waals surface area contributed by atoms with Crippen molar-refractivity contribution in [3.8, 4) is 5.75 Å². The smallest absolute Gasteiger partial charge is 0.306 e. The first kappa shape index (κ1) is 13.5. The van der Waals surface area contributed by atoms with Gasteiger partial charge in [-0.15, -0.1) is 0 Å². The first-order chi connectivity index (χ1) is 7.90. The van der Waals surface area contributed by atoms with E-state index in [1.165, 1.54) is 0 Å². The van der Waals surface area contributed by atoms with Gasteiger partial charge in [-0.2, -0.15) is 0 Å². The average Bonchev–Trinajstić information content (AvgIpc) is 2.23. The second-order valence-electron chi connectivity index (χ2n) is 4.56. The van der Waals surface area contributed by atoms with E-state index in [1.807, 2.05) is 19.1 Å². The number of carboxylic acid groups (broad SMARTS) is 1. The number of benzene rings is 1. The molecule has 1 aromatic rings. The number of aliphatic carboxylic acids is 1. The van der Waals surface area contributed by atoms with Crippen molar-refractivity contribution in [3.05, 3.63) is 29.3 Å². The normalized spacial score (nSPS) is 14.3. The minimum absolute atomic E-state index is 0.176. The zero-order valence-electron chi connectivity index (χ0n) is 10.2. The molecule has 1 rings (SSSR count). The lowest BCUT2D eigenvalue weighted by Crippen LogP contribution is -2.28. The van der Waals surface area contributed by atoms with Gasteiger partial charge in [0, 0.05) is 6.04 Å². The lowest BCUT2D eigenvalue weighted by atomic mass is 9.96. The first-order valence-electron chi connectivity index (χ1n) is 5.67. The Hall–Kier alpha value is -1.55. The number of hydrogen-bond acceptors (Lipinski definition) is 3. The molecule has 4 N–H and O–H groups in total. The molecule has 0 spiro atoms. The Bertz CT molecular complexity index is 404. The number of phenolic OH excluding ortho intramolecular Hbond substituents is 1. The molecule has 0 radical (unpaired) electrons. The molecule has 0 aliphatic carbocycles. The molecular weight excluding hydrogens is 218 g/mol. The van der Waals surface area contributed by atoms with E-state index < -0.39 is 11.9 Å². The molecule has 0 aromatic heterocycles. The van der Waals surface area contributed by atoms with Gasteiger partial charge in [-0.3, -0.25) is 4.79 Å². The fourth-order valence-corrected chi connectivity index (χ4v) is 1.79. The Labute approximate surface area is 101 Å². The fourth-order valence-electron chi connectivity index (χ4n) is 1.79. The molecule has 4 nitrogen and oxygen atoms in total. The van der Waals surface area contributed by atoms with Crippen molar-refractivity contribution in [1.82, 2.24) is 0 Å². The van der Waals surface area contributed by atoms with Crippen molar-refractivity contribution in [2.75, 3.05) is 0 Å². The van der Waals surface area contributed by atoms with Crippen LogP contribution in [0.1, 0.15) is 24.5 Å². The highest BCUT2D eigenvalue weighted by molar-refractivity contribution is 5.69. The molecule has 0 bridgehead atoms. The monoisotopic (exact) mass is 237 g/mol. The number of carboxylic acids is 1. The summed E-state index contributed by atoms with van der Waals surface area (Å²) in [7, 11) is 0. The third kappa shape index (κ3) is 4.07. The van der Waals surface area contributed by atoms with E-state index in [2.05, 4.69) is 0 Å². The van der Waals surface area contributed by atoms with E-state index in [0.717, 1.165) is 11.1 Å². The molecule has 0 amide bonds. The maximum atomic E-state index is 10.7. The van der Waals surface area contributed by atoms with E-state index in [-0.39, 0.29) is 11.8 Å². The fraction of sp³-hybridized carbons (Fsp3) is 0.462. The van der Waals surface area contributed by atoms with E-state index in [9.17, 15) is 9.90 Å². The molecule has 17 heavy (non-hydrogen) atoms. The van der Waals surface area contributed by atoms with Gasteiger partial charge in [-0.25, -0.2) is 0 Å². The number of aryl methyl sites for hydroxylation is 1. The second kappa shape index (κ2) is 5.68. The summed E-state index contributed by atoms with van der Waals surface area (Å²) < 4.78 is 0. The highest BCUT2D eigenvalue weighted by atomic mass is 16.4. The van der Waals surface area contributed by atoms with Crippen LogP contribution in [0.4, 0.5) is 0 Å². The van der Waals surface area contributed by atoms with Crippen molar-refractivity contribution in [3.63, 3.8) is 0 Å². The van der Waals surface area contributed by atoms with Gasteiger partial charge in [-0.05, 0) is 37.0 Å².